The Morgan fingerprint density at radius 2 is 2.15 bits per heavy atom. The molecule has 0 aromatic heterocycles. The molecule has 20 heavy (non-hydrogen) atoms. The molecule has 0 atom stereocenters. The van der Waals surface area contributed by atoms with Crippen molar-refractivity contribution in [3.63, 3.8) is 0 Å². The van der Waals surface area contributed by atoms with Crippen molar-refractivity contribution in [2.24, 2.45) is 0 Å². The lowest BCUT2D eigenvalue weighted by Crippen LogP contribution is -2.33. The molecular weight excluding hydrogens is 260 g/mol. The Morgan fingerprint density at radius 3 is 2.85 bits per heavy atom. The van der Waals surface area contributed by atoms with Gasteiger partial charge in [0.15, 0.2) is 0 Å². The van der Waals surface area contributed by atoms with Crippen molar-refractivity contribution < 1.29 is 19.4 Å². The van der Waals surface area contributed by atoms with Gasteiger partial charge in [-0.05, 0) is 24.6 Å². The molecule has 0 spiro atoms. The summed E-state index contributed by atoms with van der Waals surface area (Å²) < 4.78 is 4.64. The van der Waals surface area contributed by atoms with Crippen LogP contribution in [-0.4, -0.2) is 31.8 Å². The van der Waals surface area contributed by atoms with Gasteiger partial charge in [0.25, 0.3) is 0 Å². The van der Waals surface area contributed by atoms with Crippen LogP contribution in [-0.2, 0) is 14.6 Å². The number of nitrogens with one attached hydrogen (secondary N) is 2. The Hall–Kier alpha value is -2.34. The van der Waals surface area contributed by atoms with Crippen LogP contribution in [0, 0.1) is 0 Å². The second-order valence-electron chi connectivity index (χ2n) is 3.82. The lowest BCUT2D eigenvalue weighted by Gasteiger charge is -2.07. The Balaban J connectivity index is 2.49. The normalized spacial score (nSPS) is 10.3. The van der Waals surface area contributed by atoms with Gasteiger partial charge in [-0.3, -0.25) is 4.79 Å². The second-order valence-corrected chi connectivity index (χ2v) is 3.82. The number of ether oxygens (including phenoxy) is 1. The third-order valence-corrected chi connectivity index (χ3v) is 2.25. The first-order valence-electron chi connectivity index (χ1n) is 6.21. The molecule has 0 saturated carbocycles. The first kappa shape index (κ1) is 15.7. The van der Waals surface area contributed by atoms with Crippen LogP contribution >= 0.6 is 0 Å². The number of hydrogen-bond acceptors (Lipinski definition) is 3. The summed E-state index contributed by atoms with van der Waals surface area (Å²) in [6.07, 6.45) is 2.54. The molecule has 6 heteroatoms. The molecule has 1 aromatic rings. The van der Waals surface area contributed by atoms with E-state index in [9.17, 15) is 14.7 Å². The molecular formula is C14H17N2O4. The van der Waals surface area contributed by atoms with E-state index in [-0.39, 0.29) is 25.7 Å². The molecule has 1 radical (unpaired) electrons. The third kappa shape index (κ3) is 6.01. The number of alkyl carbamates (subject to hydrolysis) is 1. The van der Waals surface area contributed by atoms with Crippen molar-refractivity contribution in [1.29, 1.82) is 0 Å². The van der Waals surface area contributed by atoms with Crippen LogP contribution in [0.3, 0.4) is 0 Å². The summed E-state index contributed by atoms with van der Waals surface area (Å²) in [6, 6.07) is 7.03. The monoisotopic (exact) mass is 277 g/mol. The second kappa shape index (κ2) is 8.71. The Morgan fingerprint density at radius 1 is 1.35 bits per heavy atom. The van der Waals surface area contributed by atoms with Crippen molar-refractivity contribution in [1.82, 2.24) is 5.32 Å². The molecule has 0 heterocycles. The quantitative estimate of drug-likeness (QED) is 0.831. The first-order valence-corrected chi connectivity index (χ1v) is 6.21. The van der Waals surface area contributed by atoms with Gasteiger partial charge >= 0.3 is 6.09 Å². The average molecular weight is 277 g/mol. The van der Waals surface area contributed by atoms with Crippen LogP contribution in [0.25, 0.3) is 6.08 Å². The maximum atomic E-state index is 11.6. The zero-order chi connectivity index (χ0) is 14.8. The van der Waals surface area contributed by atoms with Gasteiger partial charge in [0, 0.05) is 5.69 Å². The number of amides is 2. The van der Waals surface area contributed by atoms with Gasteiger partial charge in [-0.25, -0.2) is 9.90 Å². The number of anilines is 1. The summed E-state index contributed by atoms with van der Waals surface area (Å²) in [6.45, 7) is 1.47. The summed E-state index contributed by atoms with van der Waals surface area (Å²) in [5.41, 5.74) is 1.41. The van der Waals surface area contributed by atoms with Crippen molar-refractivity contribution >= 4 is 23.8 Å². The zero-order valence-electron chi connectivity index (χ0n) is 11.2. The molecule has 0 aliphatic rings. The highest BCUT2D eigenvalue weighted by atomic mass is 16.5. The smallest absolute Gasteiger partial charge is 0.407 e. The van der Waals surface area contributed by atoms with Crippen LogP contribution in [0.4, 0.5) is 10.5 Å². The van der Waals surface area contributed by atoms with Gasteiger partial charge < -0.3 is 15.4 Å². The minimum atomic E-state index is -0.630. The maximum absolute atomic E-state index is 11.6. The summed E-state index contributed by atoms with van der Waals surface area (Å²) >= 11 is 0. The molecule has 0 aliphatic carbocycles. The van der Waals surface area contributed by atoms with E-state index in [0.29, 0.717) is 5.69 Å². The molecule has 2 N–H and O–H groups in total. The van der Waals surface area contributed by atoms with E-state index in [2.05, 4.69) is 15.4 Å². The van der Waals surface area contributed by atoms with Gasteiger partial charge in [-0.2, -0.15) is 0 Å². The Bertz CT molecular complexity index is 486. The fourth-order valence-electron chi connectivity index (χ4n) is 1.44. The van der Waals surface area contributed by atoms with E-state index in [1.54, 1.807) is 31.2 Å². The van der Waals surface area contributed by atoms with Crippen molar-refractivity contribution in [2.75, 3.05) is 25.1 Å². The highest BCUT2D eigenvalue weighted by Gasteiger charge is 2.05. The Labute approximate surface area is 117 Å². The maximum Gasteiger partial charge on any atom is 0.407 e. The minimum absolute atomic E-state index is 0.167. The standard InChI is InChI=1S/C14H17N2O4/c1-2-20-14(19)15-10-13(18)16-12-7-3-5-11(9-12)6-4-8-17/h3-7,9H,2,8,10H2,1H3,(H,15,19)(H,16,18)/b6-4+. The topological polar surface area (TPSA) is 87.3 Å². The van der Waals surface area contributed by atoms with E-state index >= 15 is 0 Å². The third-order valence-electron chi connectivity index (χ3n) is 2.25. The van der Waals surface area contributed by atoms with Crippen LogP contribution in [0.2, 0.25) is 0 Å². The van der Waals surface area contributed by atoms with Crippen molar-refractivity contribution in [3.8, 4) is 0 Å². The first-order chi connectivity index (χ1) is 9.65. The summed E-state index contributed by atoms with van der Waals surface area (Å²) in [5, 5.41) is 15.3. The minimum Gasteiger partial charge on any atom is -0.450 e. The average Bonchev–Trinajstić information content (AvgIpc) is 2.44. The summed E-state index contributed by atoms with van der Waals surface area (Å²) in [4.78, 5) is 22.6. The number of rotatable bonds is 6. The number of benzene rings is 1. The van der Waals surface area contributed by atoms with Gasteiger partial charge in [-0.1, -0.05) is 24.3 Å². The van der Waals surface area contributed by atoms with Crippen LogP contribution in [0.5, 0.6) is 0 Å². The lowest BCUT2D eigenvalue weighted by molar-refractivity contribution is -0.115. The predicted molar refractivity (Wildman–Crippen MR) is 74.7 cm³/mol. The SMILES string of the molecule is CCOC(=O)NCC(=O)Nc1cccc(/C=C/C[O])c1. The molecule has 0 aliphatic heterocycles. The molecule has 6 nitrogen and oxygen atoms in total. The molecule has 107 valence electrons. The van der Waals surface area contributed by atoms with Gasteiger partial charge in [0.1, 0.15) is 13.2 Å². The van der Waals surface area contributed by atoms with Crippen molar-refractivity contribution in [2.45, 2.75) is 6.92 Å². The summed E-state index contributed by atoms with van der Waals surface area (Å²) in [5.74, 6) is -0.358. The molecule has 1 aromatic carbocycles. The number of hydrogen-bond donors (Lipinski definition) is 2. The highest BCUT2D eigenvalue weighted by molar-refractivity contribution is 5.94. The Kier molecular flexibility index (Phi) is 6.84. The predicted octanol–water partition coefficient (Wildman–Crippen LogP) is 1.81. The van der Waals surface area contributed by atoms with Crippen LogP contribution in [0.1, 0.15) is 12.5 Å². The van der Waals surface area contributed by atoms with E-state index < -0.39 is 6.09 Å². The zero-order valence-corrected chi connectivity index (χ0v) is 11.2. The summed E-state index contributed by atoms with van der Waals surface area (Å²) in [7, 11) is 0. The molecule has 0 saturated heterocycles. The molecule has 0 bridgehead atoms. The molecule has 1 rings (SSSR count). The van der Waals surface area contributed by atoms with E-state index in [4.69, 9.17) is 0 Å². The van der Waals surface area contributed by atoms with E-state index in [0.717, 1.165) is 5.56 Å². The molecule has 0 fully saturated rings. The van der Waals surface area contributed by atoms with Crippen LogP contribution in [0.15, 0.2) is 30.3 Å². The number of carbonyl (C=O) groups is 2. The van der Waals surface area contributed by atoms with E-state index in [1.165, 1.54) is 6.08 Å². The molecule has 0 unspecified atom stereocenters. The van der Waals surface area contributed by atoms with Crippen molar-refractivity contribution in [3.05, 3.63) is 35.9 Å². The van der Waals surface area contributed by atoms with Crippen LogP contribution < -0.4 is 10.6 Å². The van der Waals surface area contributed by atoms with E-state index in [1.807, 2.05) is 6.07 Å². The van der Waals surface area contributed by atoms with Gasteiger partial charge in [-0.15, -0.1) is 0 Å². The molecule has 2 amide bonds. The fourth-order valence-corrected chi connectivity index (χ4v) is 1.44. The number of carbonyl (C=O) groups excluding carboxylic acids is 2. The van der Waals surface area contributed by atoms with Gasteiger partial charge in [0.2, 0.25) is 5.91 Å². The highest BCUT2D eigenvalue weighted by Crippen LogP contribution is 2.11. The lowest BCUT2D eigenvalue weighted by atomic mass is 10.2. The van der Waals surface area contributed by atoms with Gasteiger partial charge in [0.05, 0.1) is 6.61 Å². The largest absolute Gasteiger partial charge is 0.450 e. The fraction of sp³-hybridized carbons (Fsp3) is 0.286.